The molecular formula is C30H35BrClN3O5S. The van der Waals surface area contributed by atoms with Crippen LogP contribution in [0.1, 0.15) is 33.6 Å². The van der Waals surface area contributed by atoms with E-state index in [2.05, 4.69) is 26.6 Å². The molecule has 1 spiro atoms. The summed E-state index contributed by atoms with van der Waals surface area (Å²) in [5.74, 6) is -1.37. The van der Waals surface area contributed by atoms with Crippen molar-refractivity contribution in [3.05, 3.63) is 53.6 Å². The number of para-hydroxylation sites is 1. The molecule has 3 unspecified atom stereocenters. The third kappa shape index (κ3) is 5.48. The number of aliphatic hydroxyl groups is 1. The fourth-order valence-electron chi connectivity index (χ4n) is 6.67. The Labute approximate surface area is 258 Å². The molecule has 0 radical (unpaired) electrons. The Morgan fingerprint density at radius 3 is 2.51 bits per heavy atom. The van der Waals surface area contributed by atoms with Crippen molar-refractivity contribution < 1.29 is 24.2 Å². The third-order valence-electron chi connectivity index (χ3n) is 8.19. The molecule has 8 nitrogen and oxygen atoms in total. The Morgan fingerprint density at radius 1 is 1.17 bits per heavy atom. The first-order chi connectivity index (χ1) is 19.6. The van der Waals surface area contributed by atoms with Crippen LogP contribution in [-0.2, 0) is 14.4 Å². The van der Waals surface area contributed by atoms with Crippen LogP contribution in [0.25, 0.3) is 0 Å². The van der Waals surface area contributed by atoms with Gasteiger partial charge >= 0.3 is 0 Å². The molecule has 7 atom stereocenters. The highest BCUT2D eigenvalue weighted by atomic mass is 79.9. The lowest BCUT2D eigenvalue weighted by Gasteiger charge is -2.37. The number of hydrogen-bond acceptors (Lipinski definition) is 6. The number of thioether (sulfide) groups is 1. The summed E-state index contributed by atoms with van der Waals surface area (Å²) < 4.78 is 4.67. The molecule has 2 bridgehead atoms. The van der Waals surface area contributed by atoms with Gasteiger partial charge in [-0.1, -0.05) is 53.5 Å². The van der Waals surface area contributed by atoms with Crippen molar-refractivity contribution in [2.24, 2.45) is 17.8 Å². The number of rotatable bonds is 10. The number of fused-ring (bicyclic) bond motifs is 1. The lowest BCUT2D eigenvalue weighted by molar-refractivity contribution is -0.141. The number of carbonyl (C=O) groups excluding carboxylic acids is 3. The lowest BCUT2D eigenvalue weighted by atomic mass is 9.70. The van der Waals surface area contributed by atoms with Gasteiger partial charge in [0.15, 0.2) is 0 Å². The molecule has 2 aromatic rings. The van der Waals surface area contributed by atoms with E-state index in [1.807, 2.05) is 20.8 Å². The van der Waals surface area contributed by atoms with E-state index in [4.69, 9.17) is 16.3 Å². The summed E-state index contributed by atoms with van der Waals surface area (Å²) in [7, 11) is 0. The van der Waals surface area contributed by atoms with Gasteiger partial charge in [-0.25, -0.2) is 0 Å². The quantitative estimate of drug-likeness (QED) is 0.302. The van der Waals surface area contributed by atoms with E-state index >= 15 is 0 Å². The van der Waals surface area contributed by atoms with Crippen LogP contribution in [0, 0.1) is 17.8 Å². The number of amides is 3. The minimum absolute atomic E-state index is 0.0686. The third-order valence-corrected chi connectivity index (χ3v) is 11.7. The SMILES string of the molecule is CCOc1ccc(NC(=O)[C@H]2[C@H]3C(=O)N([C@@H](CO)CC(C)C)C(C(=O)Nc4ccccc4Cl)C34CC(Br)[C@@H]2S4)cc1. The maximum atomic E-state index is 14.4. The van der Waals surface area contributed by atoms with Crippen LogP contribution in [0.4, 0.5) is 11.4 Å². The minimum Gasteiger partial charge on any atom is -0.494 e. The molecule has 3 aliphatic heterocycles. The molecule has 0 aliphatic carbocycles. The molecule has 5 rings (SSSR count). The van der Waals surface area contributed by atoms with E-state index in [1.165, 1.54) is 0 Å². The van der Waals surface area contributed by atoms with Crippen LogP contribution in [-0.4, -0.2) is 67.8 Å². The summed E-state index contributed by atoms with van der Waals surface area (Å²) in [4.78, 5) is 43.9. The van der Waals surface area contributed by atoms with Gasteiger partial charge in [0.25, 0.3) is 0 Å². The average molecular weight is 665 g/mol. The molecule has 41 heavy (non-hydrogen) atoms. The first-order valence-electron chi connectivity index (χ1n) is 13.9. The number of nitrogens with zero attached hydrogens (tertiary/aromatic N) is 1. The summed E-state index contributed by atoms with van der Waals surface area (Å²) >= 11 is 11.7. The van der Waals surface area contributed by atoms with E-state index in [0.717, 1.165) is 0 Å². The number of benzene rings is 2. The van der Waals surface area contributed by atoms with Gasteiger partial charge in [0.2, 0.25) is 17.7 Å². The number of hydrogen-bond donors (Lipinski definition) is 3. The van der Waals surface area contributed by atoms with Gasteiger partial charge in [0.05, 0.1) is 46.5 Å². The second-order valence-electron chi connectivity index (χ2n) is 11.3. The molecule has 3 saturated heterocycles. The average Bonchev–Trinajstić information content (AvgIpc) is 3.53. The molecule has 2 aromatic carbocycles. The second kappa shape index (κ2) is 12.1. The van der Waals surface area contributed by atoms with Crippen molar-refractivity contribution in [2.45, 2.75) is 60.5 Å². The van der Waals surface area contributed by atoms with Crippen LogP contribution in [0.15, 0.2) is 48.5 Å². The number of ether oxygens (including phenoxy) is 1. The molecular weight excluding hydrogens is 630 g/mol. The van der Waals surface area contributed by atoms with Crippen molar-refractivity contribution in [1.29, 1.82) is 0 Å². The summed E-state index contributed by atoms with van der Waals surface area (Å²) in [6.07, 6.45) is 1.07. The van der Waals surface area contributed by atoms with Gasteiger partial charge in [0, 0.05) is 15.8 Å². The monoisotopic (exact) mass is 663 g/mol. The summed E-state index contributed by atoms with van der Waals surface area (Å²) in [6.45, 7) is 6.20. The first-order valence-corrected chi connectivity index (χ1v) is 16.1. The van der Waals surface area contributed by atoms with E-state index in [0.29, 0.717) is 41.6 Å². The number of anilines is 2. The van der Waals surface area contributed by atoms with Gasteiger partial charge in [-0.15, -0.1) is 11.8 Å². The van der Waals surface area contributed by atoms with Crippen LogP contribution in [0.5, 0.6) is 5.75 Å². The van der Waals surface area contributed by atoms with Crippen molar-refractivity contribution in [3.63, 3.8) is 0 Å². The van der Waals surface area contributed by atoms with E-state index < -0.39 is 28.7 Å². The summed E-state index contributed by atoms with van der Waals surface area (Å²) in [5.41, 5.74) is 1.06. The van der Waals surface area contributed by atoms with Crippen LogP contribution in [0.3, 0.4) is 0 Å². The Bertz CT molecular complexity index is 1310. The van der Waals surface area contributed by atoms with Crippen molar-refractivity contribution >= 4 is 68.4 Å². The number of carbonyl (C=O) groups is 3. The largest absolute Gasteiger partial charge is 0.494 e. The molecule has 11 heteroatoms. The van der Waals surface area contributed by atoms with Gasteiger partial charge in [-0.2, -0.15) is 0 Å². The Kier molecular flexibility index (Phi) is 8.95. The molecule has 3 N–H and O–H groups in total. The van der Waals surface area contributed by atoms with E-state index in [-0.39, 0.29) is 40.3 Å². The Morgan fingerprint density at radius 2 is 1.88 bits per heavy atom. The van der Waals surface area contributed by atoms with Crippen LogP contribution in [0.2, 0.25) is 5.02 Å². The number of likely N-dealkylation sites (tertiary alicyclic amines) is 1. The number of nitrogens with one attached hydrogen (secondary N) is 2. The fraction of sp³-hybridized carbons (Fsp3) is 0.500. The fourth-order valence-corrected chi connectivity index (χ4v) is 10.5. The highest BCUT2D eigenvalue weighted by Crippen LogP contribution is 2.68. The number of aliphatic hydroxyl groups excluding tert-OH is 1. The lowest BCUT2D eigenvalue weighted by Crippen LogP contribution is -2.55. The number of halogens is 2. The molecule has 220 valence electrons. The number of alkyl halides is 1. The first kappa shape index (κ1) is 30.2. The zero-order valence-corrected chi connectivity index (χ0v) is 26.3. The highest BCUT2D eigenvalue weighted by Gasteiger charge is 2.76. The second-order valence-corrected chi connectivity index (χ2v) is 14.4. The van der Waals surface area contributed by atoms with Crippen LogP contribution >= 0.6 is 39.3 Å². The summed E-state index contributed by atoms with van der Waals surface area (Å²) in [5, 5.41) is 16.6. The predicted molar refractivity (Wildman–Crippen MR) is 166 cm³/mol. The van der Waals surface area contributed by atoms with E-state index in [9.17, 15) is 19.5 Å². The molecule has 3 heterocycles. The topological polar surface area (TPSA) is 108 Å². The zero-order chi connectivity index (χ0) is 29.5. The smallest absolute Gasteiger partial charge is 0.248 e. The normalized spacial score (nSPS) is 29.0. The van der Waals surface area contributed by atoms with Crippen molar-refractivity contribution in [3.8, 4) is 5.75 Å². The van der Waals surface area contributed by atoms with Gasteiger partial charge < -0.3 is 25.4 Å². The maximum Gasteiger partial charge on any atom is 0.248 e. The van der Waals surface area contributed by atoms with Crippen molar-refractivity contribution in [2.75, 3.05) is 23.8 Å². The van der Waals surface area contributed by atoms with Crippen LogP contribution < -0.4 is 15.4 Å². The minimum atomic E-state index is -0.884. The highest BCUT2D eigenvalue weighted by molar-refractivity contribution is 9.09. The van der Waals surface area contributed by atoms with Crippen molar-refractivity contribution in [1.82, 2.24) is 4.90 Å². The van der Waals surface area contributed by atoms with E-state index in [1.54, 1.807) is 65.2 Å². The zero-order valence-electron chi connectivity index (χ0n) is 23.2. The predicted octanol–water partition coefficient (Wildman–Crippen LogP) is 5.19. The Balaban J connectivity index is 1.50. The van der Waals surface area contributed by atoms with Gasteiger partial charge in [-0.05, 0) is 62.1 Å². The molecule has 3 fully saturated rings. The van der Waals surface area contributed by atoms with Gasteiger partial charge in [0.1, 0.15) is 11.8 Å². The van der Waals surface area contributed by atoms with Gasteiger partial charge in [-0.3, -0.25) is 14.4 Å². The summed E-state index contributed by atoms with van der Waals surface area (Å²) in [6, 6.07) is 12.6. The molecule has 0 aromatic heterocycles. The molecule has 3 aliphatic rings. The molecule has 0 saturated carbocycles. The molecule has 3 amide bonds. The Hall–Kier alpha value is -2.27. The standard InChI is InChI=1S/C30H35BrClN3O5S/c1-4-40-19-11-9-17(10-12-19)33-27(37)23-24-29(39)35(18(15-36)13-16(2)3)26(30(24)14-20(31)25(23)41-30)28(38)34-22-8-6-5-7-21(22)32/h5-12,16,18,20,23-26,36H,4,13-15H2,1-3H3,(H,33,37)(H,34,38)/t18-,20?,23+,24+,25+,26?,30?/m1/s1. The maximum absolute atomic E-state index is 14.4.